The second-order valence-electron chi connectivity index (χ2n) is 6.85. The van der Waals surface area contributed by atoms with Gasteiger partial charge in [-0.25, -0.2) is 9.78 Å². The highest BCUT2D eigenvalue weighted by Gasteiger charge is 2.42. The summed E-state index contributed by atoms with van der Waals surface area (Å²) in [6, 6.07) is -0.389. The second-order valence-corrected chi connectivity index (χ2v) is 7.71. The molecule has 1 aliphatic rings. The lowest BCUT2D eigenvalue weighted by molar-refractivity contribution is -0.149. The first-order chi connectivity index (χ1) is 11.6. The minimum Gasteiger partial charge on any atom is -0.481 e. The lowest BCUT2D eigenvalue weighted by Gasteiger charge is -2.20. The van der Waals surface area contributed by atoms with E-state index in [2.05, 4.69) is 10.3 Å². The summed E-state index contributed by atoms with van der Waals surface area (Å²) in [5.41, 5.74) is -1.31. The predicted molar refractivity (Wildman–Crippen MR) is 92.7 cm³/mol. The molecule has 1 saturated heterocycles. The third-order valence-corrected chi connectivity index (χ3v) is 5.18. The Morgan fingerprint density at radius 3 is 2.72 bits per heavy atom. The molecule has 138 valence electrons. The van der Waals surface area contributed by atoms with E-state index >= 15 is 0 Å². The van der Waals surface area contributed by atoms with Gasteiger partial charge in [-0.15, -0.1) is 11.3 Å². The highest BCUT2D eigenvalue weighted by molar-refractivity contribution is 7.14. The summed E-state index contributed by atoms with van der Waals surface area (Å²) in [7, 11) is 0. The number of nitrogens with zero attached hydrogens (tertiary/aromatic N) is 2. The van der Waals surface area contributed by atoms with Crippen LogP contribution in [0.2, 0.25) is 0 Å². The number of amides is 2. The smallest absolute Gasteiger partial charge is 0.323 e. The van der Waals surface area contributed by atoms with Crippen molar-refractivity contribution in [1.29, 1.82) is 0 Å². The number of rotatable bonds is 5. The Kier molecular flexibility index (Phi) is 5.36. The molecule has 1 aliphatic heterocycles. The number of aromatic nitrogens is 1. The number of aliphatic carboxylic acids is 1. The fourth-order valence-electron chi connectivity index (χ4n) is 2.51. The Morgan fingerprint density at radius 2 is 2.16 bits per heavy atom. The molecule has 0 spiro atoms. The summed E-state index contributed by atoms with van der Waals surface area (Å²) < 4.78 is 5.05. The average Bonchev–Trinajstić information content (AvgIpc) is 3.15. The van der Waals surface area contributed by atoms with Crippen molar-refractivity contribution >= 4 is 34.4 Å². The largest absolute Gasteiger partial charge is 0.481 e. The first kappa shape index (κ1) is 19.2. The van der Waals surface area contributed by atoms with E-state index in [1.165, 1.54) is 16.2 Å². The maximum absolute atomic E-state index is 12.3. The number of likely N-dealkylation sites (tertiary alicyclic amines) is 1. The molecule has 0 aliphatic carbocycles. The molecular weight excluding hydrogens is 346 g/mol. The van der Waals surface area contributed by atoms with Gasteiger partial charge in [-0.2, -0.15) is 0 Å². The lowest BCUT2D eigenvalue weighted by atomic mass is 9.90. The number of hydrogen-bond donors (Lipinski definition) is 2. The van der Waals surface area contributed by atoms with Gasteiger partial charge in [0.2, 0.25) is 0 Å². The van der Waals surface area contributed by atoms with E-state index in [-0.39, 0.29) is 25.2 Å². The first-order valence-corrected chi connectivity index (χ1v) is 8.90. The summed E-state index contributed by atoms with van der Waals surface area (Å²) in [6.07, 6.45) is 0.411. The maximum Gasteiger partial charge on any atom is 0.323 e. The molecule has 0 saturated carbocycles. The summed E-state index contributed by atoms with van der Waals surface area (Å²) in [6.45, 7) is 7.61. The SMILES string of the molecule is CCOC(=O)C(C)(C)c1csc(NC(=O)N2CCC(C)(C(=O)O)C2)n1. The number of hydrogen-bond acceptors (Lipinski definition) is 6. The van der Waals surface area contributed by atoms with Crippen LogP contribution < -0.4 is 5.32 Å². The number of nitrogens with one attached hydrogen (secondary N) is 1. The molecule has 2 amide bonds. The van der Waals surface area contributed by atoms with E-state index in [0.717, 1.165) is 0 Å². The van der Waals surface area contributed by atoms with Gasteiger partial charge in [0.15, 0.2) is 5.13 Å². The van der Waals surface area contributed by atoms with Crippen LogP contribution in [0.25, 0.3) is 0 Å². The molecule has 25 heavy (non-hydrogen) atoms. The van der Waals surface area contributed by atoms with Crippen molar-refractivity contribution < 1.29 is 24.2 Å². The number of urea groups is 1. The van der Waals surface area contributed by atoms with E-state index in [0.29, 0.717) is 23.8 Å². The van der Waals surface area contributed by atoms with Crippen molar-refractivity contribution in [1.82, 2.24) is 9.88 Å². The Labute approximate surface area is 150 Å². The molecule has 2 N–H and O–H groups in total. The van der Waals surface area contributed by atoms with Crippen LogP contribution in [0.5, 0.6) is 0 Å². The third kappa shape index (κ3) is 3.92. The minimum atomic E-state index is -0.919. The minimum absolute atomic E-state index is 0.153. The van der Waals surface area contributed by atoms with Crippen molar-refractivity contribution in [2.75, 3.05) is 25.0 Å². The third-order valence-electron chi connectivity index (χ3n) is 4.42. The molecule has 1 aromatic heterocycles. The number of thiazole rings is 1. The molecular formula is C16H23N3O5S. The van der Waals surface area contributed by atoms with Gasteiger partial charge in [0.05, 0.1) is 17.7 Å². The standard InChI is InChI=1S/C16H23N3O5S/c1-5-24-12(22)15(2,3)10-8-25-13(17-10)18-14(23)19-7-6-16(4,9-19)11(20)21/h8H,5-7,9H2,1-4H3,(H,20,21)(H,17,18,23). The highest BCUT2D eigenvalue weighted by atomic mass is 32.1. The summed E-state index contributed by atoms with van der Waals surface area (Å²) >= 11 is 1.21. The van der Waals surface area contributed by atoms with Gasteiger partial charge in [-0.3, -0.25) is 14.9 Å². The van der Waals surface area contributed by atoms with Gasteiger partial charge >= 0.3 is 18.0 Å². The Bertz CT molecular complexity index is 687. The number of anilines is 1. The van der Waals surface area contributed by atoms with Crippen LogP contribution in [0.3, 0.4) is 0 Å². The van der Waals surface area contributed by atoms with Crippen LogP contribution in [0.4, 0.5) is 9.93 Å². The molecule has 0 bridgehead atoms. The lowest BCUT2D eigenvalue weighted by Crippen LogP contribution is -2.37. The van der Waals surface area contributed by atoms with Crippen LogP contribution in [0.1, 0.15) is 39.8 Å². The molecule has 1 unspecified atom stereocenters. The Balaban J connectivity index is 2.03. The van der Waals surface area contributed by atoms with Gasteiger partial charge < -0.3 is 14.7 Å². The molecule has 1 aromatic rings. The molecule has 2 heterocycles. The molecule has 0 aromatic carbocycles. The van der Waals surface area contributed by atoms with E-state index in [4.69, 9.17) is 4.74 Å². The summed E-state index contributed by atoms with van der Waals surface area (Å²) in [4.78, 5) is 41.4. The molecule has 8 nitrogen and oxygen atoms in total. The molecule has 1 fully saturated rings. The van der Waals surface area contributed by atoms with Gasteiger partial charge in [0, 0.05) is 18.5 Å². The van der Waals surface area contributed by atoms with Crippen molar-refractivity contribution in [3.63, 3.8) is 0 Å². The predicted octanol–water partition coefficient (Wildman–Crippen LogP) is 2.31. The van der Waals surface area contributed by atoms with Crippen molar-refractivity contribution in [3.05, 3.63) is 11.1 Å². The Hall–Kier alpha value is -2.16. The van der Waals surface area contributed by atoms with E-state index in [1.54, 1.807) is 33.1 Å². The van der Waals surface area contributed by atoms with Crippen molar-refractivity contribution in [3.8, 4) is 0 Å². The zero-order chi connectivity index (χ0) is 18.8. The topological polar surface area (TPSA) is 109 Å². The molecule has 0 radical (unpaired) electrons. The number of ether oxygens (including phenoxy) is 1. The summed E-state index contributed by atoms with van der Waals surface area (Å²) in [5.74, 6) is -1.29. The van der Waals surface area contributed by atoms with Gasteiger partial charge in [0.25, 0.3) is 0 Å². The van der Waals surface area contributed by atoms with E-state index in [1.807, 2.05) is 0 Å². The maximum atomic E-state index is 12.3. The average molecular weight is 369 g/mol. The highest BCUT2D eigenvalue weighted by Crippen LogP contribution is 2.31. The van der Waals surface area contributed by atoms with Gasteiger partial charge in [-0.1, -0.05) is 0 Å². The van der Waals surface area contributed by atoms with Crippen molar-refractivity contribution in [2.24, 2.45) is 5.41 Å². The second kappa shape index (κ2) is 6.99. The normalized spacial score (nSPS) is 20.4. The zero-order valence-corrected chi connectivity index (χ0v) is 15.6. The zero-order valence-electron chi connectivity index (χ0n) is 14.8. The van der Waals surface area contributed by atoms with E-state index < -0.39 is 16.8 Å². The van der Waals surface area contributed by atoms with Crippen LogP contribution in [0, 0.1) is 5.41 Å². The van der Waals surface area contributed by atoms with Crippen LogP contribution in [0.15, 0.2) is 5.38 Å². The fraction of sp³-hybridized carbons (Fsp3) is 0.625. The van der Waals surface area contributed by atoms with Crippen LogP contribution in [-0.2, 0) is 19.7 Å². The van der Waals surface area contributed by atoms with Crippen molar-refractivity contribution in [2.45, 2.75) is 39.5 Å². The fourth-order valence-corrected chi connectivity index (χ4v) is 3.38. The number of esters is 1. The molecule has 1 atom stereocenters. The number of carboxylic acids is 1. The van der Waals surface area contributed by atoms with Gasteiger partial charge in [0.1, 0.15) is 5.41 Å². The Morgan fingerprint density at radius 1 is 1.48 bits per heavy atom. The number of carbonyl (C=O) groups is 3. The quantitative estimate of drug-likeness (QED) is 0.771. The van der Waals surface area contributed by atoms with E-state index in [9.17, 15) is 19.5 Å². The van der Waals surface area contributed by atoms with Crippen LogP contribution >= 0.6 is 11.3 Å². The monoisotopic (exact) mass is 369 g/mol. The molecule has 2 rings (SSSR count). The first-order valence-electron chi connectivity index (χ1n) is 8.02. The number of carboxylic acid groups (broad SMARTS) is 1. The van der Waals surface area contributed by atoms with Crippen LogP contribution in [-0.4, -0.2) is 52.7 Å². The van der Waals surface area contributed by atoms with Gasteiger partial charge in [-0.05, 0) is 34.1 Å². The number of carbonyl (C=O) groups excluding carboxylic acids is 2. The molecule has 9 heteroatoms. The summed E-state index contributed by atoms with van der Waals surface area (Å²) in [5, 5.41) is 14.0.